The summed E-state index contributed by atoms with van der Waals surface area (Å²) < 4.78 is 50.9. The van der Waals surface area contributed by atoms with Crippen molar-refractivity contribution < 1.29 is 24.1 Å². The molecule has 126 valence electrons. The first-order chi connectivity index (χ1) is 11.9. The van der Waals surface area contributed by atoms with Gasteiger partial charge in [-0.2, -0.15) is 13.2 Å². The third-order valence-corrected chi connectivity index (χ3v) is 3.76. The number of halogens is 3. The first kappa shape index (κ1) is 15.0. The Morgan fingerprint density at radius 2 is 2.08 bits per heavy atom. The zero-order valence-electron chi connectivity index (χ0n) is 13.6. The standard InChI is InChI=1S/C17H15F3N2O2/c18-17(19,20)13-4-1-12(2-5-13)3-6-16(23)22-9-10-24-15-7-8-21-11-14(15)22/h1-2,4-5,7-8,11H,3,6,9-10H2/i7D. The summed E-state index contributed by atoms with van der Waals surface area (Å²) in [4.78, 5) is 17.9. The van der Waals surface area contributed by atoms with Gasteiger partial charge in [-0.05, 0) is 24.1 Å². The highest BCUT2D eigenvalue weighted by molar-refractivity contribution is 5.95. The third-order valence-electron chi connectivity index (χ3n) is 3.76. The van der Waals surface area contributed by atoms with Gasteiger partial charge in [-0.3, -0.25) is 9.78 Å². The Hall–Kier alpha value is -2.57. The maximum absolute atomic E-state index is 12.6. The fourth-order valence-corrected chi connectivity index (χ4v) is 2.51. The number of nitrogens with zero attached hydrogens (tertiary/aromatic N) is 2. The number of carbonyl (C=O) groups is 1. The fraction of sp³-hybridized carbons (Fsp3) is 0.294. The van der Waals surface area contributed by atoms with Gasteiger partial charge in [0.1, 0.15) is 18.0 Å². The Labute approximate surface area is 138 Å². The number of pyridine rings is 1. The van der Waals surface area contributed by atoms with Crippen LogP contribution in [0.3, 0.4) is 0 Å². The maximum atomic E-state index is 12.6. The van der Waals surface area contributed by atoms with Gasteiger partial charge in [-0.25, -0.2) is 0 Å². The van der Waals surface area contributed by atoms with Crippen molar-refractivity contribution in [3.8, 4) is 5.75 Å². The van der Waals surface area contributed by atoms with Crippen molar-refractivity contribution in [3.63, 3.8) is 0 Å². The van der Waals surface area contributed by atoms with Gasteiger partial charge in [0.15, 0.2) is 0 Å². The van der Waals surface area contributed by atoms with Gasteiger partial charge >= 0.3 is 6.18 Å². The minimum atomic E-state index is -4.37. The highest BCUT2D eigenvalue weighted by Crippen LogP contribution is 2.31. The number of hydrogen-bond acceptors (Lipinski definition) is 3. The number of amides is 1. The van der Waals surface area contributed by atoms with E-state index in [9.17, 15) is 18.0 Å². The van der Waals surface area contributed by atoms with Crippen LogP contribution in [0.4, 0.5) is 18.9 Å². The fourth-order valence-electron chi connectivity index (χ4n) is 2.51. The lowest BCUT2D eigenvalue weighted by molar-refractivity contribution is -0.137. The Morgan fingerprint density at radius 1 is 1.33 bits per heavy atom. The molecule has 0 radical (unpaired) electrons. The van der Waals surface area contributed by atoms with Crippen LogP contribution in [0.1, 0.15) is 18.9 Å². The number of benzene rings is 1. The molecule has 1 aromatic carbocycles. The largest absolute Gasteiger partial charge is 0.489 e. The van der Waals surface area contributed by atoms with Crippen molar-refractivity contribution >= 4 is 11.6 Å². The summed E-state index contributed by atoms with van der Waals surface area (Å²) in [6.45, 7) is 0.638. The lowest BCUT2D eigenvalue weighted by Gasteiger charge is -2.29. The Balaban J connectivity index is 1.67. The maximum Gasteiger partial charge on any atom is 0.416 e. The first-order valence-electron chi connectivity index (χ1n) is 7.90. The number of hydrogen-bond donors (Lipinski definition) is 0. The number of fused-ring (bicyclic) bond motifs is 1. The molecule has 0 N–H and O–H groups in total. The molecular weight excluding hydrogens is 321 g/mol. The second kappa shape index (κ2) is 6.51. The second-order valence-corrected chi connectivity index (χ2v) is 5.35. The molecule has 1 aliphatic rings. The van der Waals surface area contributed by atoms with E-state index in [2.05, 4.69) is 4.98 Å². The number of rotatable bonds is 3. The van der Waals surface area contributed by atoms with Crippen molar-refractivity contribution in [2.24, 2.45) is 0 Å². The van der Waals surface area contributed by atoms with E-state index in [0.717, 1.165) is 12.1 Å². The number of aryl methyl sites for hydroxylation is 1. The van der Waals surface area contributed by atoms with Gasteiger partial charge in [0, 0.05) is 18.7 Å². The number of carbonyl (C=O) groups excluding carboxylic acids is 1. The lowest BCUT2D eigenvalue weighted by atomic mass is 10.1. The summed E-state index contributed by atoms with van der Waals surface area (Å²) in [7, 11) is 0. The van der Waals surface area contributed by atoms with Gasteiger partial charge < -0.3 is 9.64 Å². The van der Waals surface area contributed by atoms with E-state index in [1.54, 1.807) is 0 Å². The van der Waals surface area contributed by atoms with E-state index < -0.39 is 11.7 Å². The molecule has 1 aliphatic heterocycles. The number of anilines is 1. The van der Waals surface area contributed by atoms with E-state index in [0.29, 0.717) is 30.0 Å². The predicted octanol–water partition coefficient (Wildman–Crippen LogP) is 3.46. The summed E-state index contributed by atoms with van der Waals surface area (Å²) in [5.41, 5.74) is 0.400. The molecule has 0 fully saturated rings. The molecule has 7 heteroatoms. The van der Waals surface area contributed by atoms with Gasteiger partial charge in [-0.15, -0.1) is 0 Å². The van der Waals surface area contributed by atoms with Crippen molar-refractivity contribution in [2.45, 2.75) is 19.0 Å². The van der Waals surface area contributed by atoms with Crippen molar-refractivity contribution in [2.75, 3.05) is 18.1 Å². The number of alkyl halides is 3. The van der Waals surface area contributed by atoms with Gasteiger partial charge in [0.25, 0.3) is 0 Å². The molecule has 0 saturated carbocycles. The van der Waals surface area contributed by atoms with E-state index in [4.69, 9.17) is 6.11 Å². The normalized spacial score (nSPS) is 14.6. The summed E-state index contributed by atoms with van der Waals surface area (Å²) >= 11 is 0. The van der Waals surface area contributed by atoms with E-state index >= 15 is 0 Å². The molecule has 4 nitrogen and oxygen atoms in total. The van der Waals surface area contributed by atoms with Crippen LogP contribution in [0, 0.1) is 0 Å². The minimum Gasteiger partial charge on any atom is -0.489 e. The highest BCUT2D eigenvalue weighted by atomic mass is 19.4. The van der Waals surface area contributed by atoms with E-state index in [1.807, 2.05) is 0 Å². The molecular formula is C17H15F3N2O2. The topological polar surface area (TPSA) is 42.4 Å². The molecule has 0 unspecified atom stereocenters. The Kier molecular flexibility index (Phi) is 4.06. The molecule has 0 atom stereocenters. The average Bonchev–Trinajstić information content (AvgIpc) is 2.59. The summed E-state index contributed by atoms with van der Waals surface area (Å²) in [5.74, 6) is 0.140. The van der Waals surface area contributed by atoms with E-state index in [1.165, 1.54) is 29.4 Å². The predicted molar refractivity (Wildman–Crippen MR) is 81.9 cm³/mol. The summed E-state index contributed by atoms with van der Waals surface area (Å²) in [6, 6.07) is 4.90. The van der Waals surface area contributed by atoms with Crippen LogP contribution < -0.4 is 9.64 Å². The Morgan fingerprint density at radius 3 is 2.79 bits per heavy atom. The van der Waals surface area contributed by atoms with Crippen LogP contribution >= 0.6 is 0 Å². The van der Waals surface area contributed by atoms with Crippen LogP contribution in [0.5, 0.6) is 5.75 Å². The van der Waals surface area contributed by atoms with Crippen molar-refractivity contribution in [3.05, 3.63) is 53.8 Å². The summed E-state index contributed by atoms with van der Waals surface area (Å²) in [6.07, 6.45) is -1.07. The number of ether oxygens (including phenoxy) is 1. The van der Waals surface area contributed by atoms with Crippen LogP contribution in [0.15, 0.2) is 42.7 Å². The second-order valence-electron chi connectivity index (χ2n) is 5.35. The molecule has 2 heterocycles. The van der Waals surface area contributed by atoms with Crippen LogP contribution in [-0.4, -0.2) is 24.0 Å². The minimum absolute atomic E-state index is 0.109. The smallest absolute Gasteiger partial charge is 0.416 e. The van der Waals surface area contributed by atoms with Crippen LogP contribution in [0.25, 0.3) is 0 Å². The van der Waals surface area contributed by atoms with Gasteiger partial charge in [-0.1, -0.05) is 12.1 Å². The van der Waals surface area contributed by atoms with Crippen LogP contribution in [-0.2, 0) is 17.4 Å². The SMILES string of the molecule is [2H]c1cncc2c1OCCN2C(=O)CCc1ccc(C(F)(F)F)cc1. The van der Waals surface area contributed by atoms with Gasteiger partial charge in [0.05, 0.1) is 19.7 Å². The highest BCUT2D eigenvalue weighted by Gasteiger charge is 2.30. The zero-order chi connectivity index (χ0) is 18.0. The van der Waals surface area contributed by atoms with Crippen molar-refractivity contribution in [1.82, 2.24) is 4.98 Å². The molecule has 0 bridgehead atoms. The molecule has 0 saturated heterocycles. The average molecular weight is 337 g/mol. The molecule has 1 amide bonds. The molecule has 24 heavy (non-hydrogen) atoms. The monoisotopic (exact) mass is 337 g/mol. The first-order valence-corrected chi connectivity index (χ1v) is 7.40. The third kappa shape index (κ3) is 3.50. The summed E-state index contributed by atoms with van der Waals surface area (Å²) in [5, 5.41) is 0. The molecule has 0 spiro atoms. The van der Waals surface area contributed by atoms with E-state index in [-0.39, 0.29) is 25.0 Å². The zero-order valence-corrected chi connectivity index (χ0v) is 12.6. The van der Waals surface area contributed by atoms with Crippen LogP contribution in [0.2, 0.25) is 0 Å². The van der Waals surface area contributed by atoms with Crippen molar-refractivity contribution in [1.29, 1.82) is 0 Å². The molecule has 3 rings (SSSR count). The number of aromatic nitrogens is 1. The van der Waals surface area contributed by atoms with Gasteiger partial charge in [0.2, 0.25) is 5.91 Å². The lowest BCUT2D eigenvalue weighted by Crippen LogP contribution is -2.38. The molecule has 2 aromatic rings. The quantitative estimate of drug-likeness (QED) is 0.861. The Bertz CT molecular complexity index is 778. The molecule has 0 aliphatic carbocycles. The molecule has 1 aromatic heterocycles.